The monoisotopic (exact) mass is 278 g/mol. The summed E-state index contributed by atoms with van der Waals surface area (Å²) >= 11 is 0. The Kier molecular flexibility index (Phi) is 4.84. The zero-order chi connectivity index (χ0) is 13.8. The van der Waals surface area contributed by atoms with Gasteiger partial charge in [0, 0.05) is 13.1 Å². The standard InChI is InChI=1S/C9H14N2O6S/c10-18(15,16)8-2-1-7(17-8)9(14)11(3-5-12)4-6-13/h1-2,12-13H,3-6H2,(H2,10,15,16). The maximum absolute atomic E-state index is 11.8. The molecule has 0 spiro atoms. The molecule has 0 aliphatic heterocycles. The van der Waals surface area contributed by atoms with Crippen molar-refractivity contribution in [3.05, 3.63) is 17.9 Å². The van der Waals surface area contributed by atoms with Crippen molar-refractivity contribution < 1.29 is 27.8 Å². The molecule has 18 heavy (non-hydrogen) atoms. The van der Waals surface area contributed by atoms with Crippen molar-refractivity contribution in [3.8, 4) is 0 Å². The van der Waals surface area contributed by atoms with Crippen LogP contribution in [0.15, 0.2) is 21.6 Å². The number of carbonyl (C=O) groups is 1. The van der Waals surface area contributed by atoms with Gasteiger partial charge in [-0.25, -0.2) is 13.6 Å². The van der Waals surface area contributed by atoms with Gasteiger partial charge in [0.05, 0.1) is 13.2 Å². The van der Waals surface area contributed by atoms with Gasteiger partial charge in [-0.3, -0.25) is 4.79 Å². The average Bonchev–Trinajstić information content (AvgIpc) is 2.76. The minimum absolute atomic E-state index is 0.00476. The third-order valence-electron chi connectivity index (χ3n) is 2.10. The predicted molar refractivity (Wildman–Crippen MR) is 60.2 cm³/mol. The fourth-order valence-corrected chi connectivity index (χ4v) is 1.76. The molecule has 102 valence electrons. The molecule has 0 fully saturated rings. The Morgan fingerprint density at radius 2 is 1.83 bits per heavy atom. The summed E-state index contributed by atoms with van der Waals surface area (Å²) in [5.74, 6) is -0.853. The van der Waals surface area contributed by atoms with Crippen LogP contribution in [0.1, 0.15) is 10.6 Å². The molecule has 1 aromatic heterocycles. The molecule has 1 amide bonds. The van der Waals surface area contributed by atoms with Crippen molar-refractivity contribution in [2.75, 3.05) is 26.3 Å². The number of aliphatic hydroxyl groups excluding tert-OH is 2. The average molecular weight is 278 g/mol. The van der Waals surface area contributed by atoms with Gasteiger partial charge >= 0.3 is 0 Å². The fourth-order valence-electron chi connectivity index (χ4n) is 1.30. The van der Waals surface area contributed by atoms with Crippen LogP contribution >= 0.6 is 0 Å². The molecule has 0 unspecified atom stereocenters. The summed E-state index contributed by atoms with van der Waals surface area (Å²) in [6.07, 6.45) is 0. The largest absolute Gasteiger partial charge is 0.438 e. The van der Waals surface area contributed by atoms with E-state index in [0.717, 1.165) is 11.0 Å². The molecule has 1 rings (SSSR count). The zero-order valence-corrected chi connectivity index (χ0v) is 10.3. The van der Waals surface area contributed by atoms with E-state index in [2.05, 4.69) is 0 Å². The number of primary sulfonamides is 1. The van der Waals surface area contributed by atoms with E-state index in [9.17, 15) is 13.2 Å². The minimum atomic E-state index is -4.00. The van der Waals surface area contributed by atoms with Crippen molar-refractivity contribution in [1.29, 1.82) is 0 Å². The first-order valence-electron chi connectivity index (χ1n) is 5.03. The first-order chi connectivity index (χ1) is 8.40. The van der Waals surface area contributed by atoms with Crippen LogP contribution < -0.4 is 5.14 Å². The predicted octanol–water partition coefficient (Wildman–Crippen LogP) is -1.65. The molecule has 0 saturated heterocycles. The molecule has 1 heterocycles. The second kappa shape index (κ2) is 5.96. The highest BCUT2D eigenvalue weighted by molar-refractivity contribution is 7.89. The summed E-state index contributed by atoms with van der Waals surface area (Å²) < 4.78 is 26.8. The van der Waals surface area contributed by atoms with E-state index in [-0.39, 0.29) is 32.1 Å². The summed E-state index contributed by atoms with van der Waals surface area (Å²) in [4.78, 5) is 13.0. The lowest BCUT2D eigenvalue weighted by Gasteiger charge is -2.18. The summed E-state index contributed by atoms with van der Waals surface area (Å²) in [5, 5.41) is 21.9. The SMILES string of the molecule is NS(=O)(=O)c1ccc(C(=O)N(CCO)CCO)o1. The third kappa shape index (κ3) is 3.53. The number of amides is 1. The number of carbonyl (C=O) groups excluding carboxylic acids is 1. The summed E-state index contributed by atoms with van der Waals surface area (Å²) in [6, 6.07) is 2.24. The normalized spacial score (nSPS) is 11.5. The Morgan fingerprint density at radius 1 is 1.28 bits per heavy atom. The zero-order valence-electron chi connectivity index (χ0n) is 9.44. The van der Waals surface area contributed by atoms with Crippen LogP contribution in [0.3, 0.4) is 0 Å². The van der Waals surface area contributed by atoms with Crippen molar-refractivity contribution in [2.24, 2.45) is 5.14 Å². The van der Waals surface area contributed by atoms with Gasteiger partial charge in [0.2, 0.25) is 5.09 Å². The Hall–Kier alpha value is -1.42. The van der Waals surface area contributed by atoms with Crippen LogP contribution in [0.25, 0.3) is 0 Å². The summed E-state index contributed by atoms with van der Waals surface area (Å²) in [7, 11) is -4.00. The van der Waals surface area contributed by atoms with Gasteiger partial charge in [-0.05, 0) is 12.1 Å². The molecule has 1 aromatic rings. The van der Waals surface area contributed by atoms with Crippen LogP contribution in [0.2, 0.25) is 0 Å². The molecule has 0 aromatic carbocycles. The Labute approximate surface area is 104 Å². The maximum Gasteiger partial charge on any atom is 0.289 e. The molecule has 0 atom stereocenters. The number of hydrogen-bond donors (Lipinski definition) is 3. The second-order valence-corrected chi connectivity index (χ2v) is 4.90. The van der Waals surface area contributed by atoms with Gasteiger partial charge in [-0.15, -0.1) is 0 Å². The van der Waals surface area contributed by atoms with Crippen molar-refractivity contribution in [2.45, 2.75) is 5.09 Å². The fraction of sp³-hybridized carbons (Fsp3) is 0.444. The second-order valence-electron chi connectivity index (χ2n) is 3.40. The molecule has 0 bridgehead atoms. The van der Waals surface area contributed by atoms with Gasteiger partial charge in [0.15, 0.2) is 5.76 Å². The maximum atomic E-state index is 11.8. The van der Waals surface area contributed by atoms with Gasteiger partial charge in [0.1, 0.15) is 0 Å². The van der Waals surface area contributed by atoms with Crippen LogP contribution in [-0.2, 0) is 10.0 Å². The van der Waals surface area contributed by atoms with E-state index in [1.54, 1.807) is 0 Å². The van der Waals surface area contributed by atoms with Gasteiger partial charge in [-0.1, -0.05) is 0 Å². The van der Waals surface area contributed by atoms with Crippen molar-refractivity contribution in [1.82, 2.24) is 4.90 Å². The van der Waals surface area contributed by atoms with E-state index in [1.807, 2.05) is 0 Å². The molecular weight excluding hydrogens is 264 g/mol. The number of nitrogens with two attached hydrogens (primary N) is 1. The summed E-state index contributed by atoms with van der Waals surface area (Å²) in [6.45, 7) is -0.557. The Morgan fingerprint density at radius 3 is 2.22 bits per heavy atom. The highest BCUT2D eigenvalue weighted by Gasteiger charge is 2.21. The van der Waals surface area contributed by atoms with E-state index in [0.29, 0.717) is 0 Å². The molecule has 4 N–H and O–H groups in total. The summed E-state index contributed by atoms with van der Waals surface area (Å²) in [5.41, 5.74) is 0. The molecule has 0 saturated carbocycles. The third-order valence-corrected chi connectivity index (χ3v) is 2.88. The Balaban J connectivity index is 2.92. The smallest absolute Gasteiger partial charge is 0.289 e. The molecule has 0 aliphatic carbocycles. The van der Waals surface area contributed by atoms with Crippen LogP contribution in [0.4, 0.5) is 0 Å². The lowest BCUT2D eigenvalue weighted by molar-refractivity contribution is 0.0648. The van der Waals surface area contributed by atoms with Gasteiger partial charge in [0.25, 0.3) is 15.9 Å². The molecule has 0 aliphatic rings. The van der Waals surface area contributed by atoms with E-state index in [1.165, 1.54) is 6.07 Å². The number of aliphatic hydroxyl groups is 2. The Bertz CT molecular complexity index is 503. The lowest BCUT2D eigenvalue weighted by Crippen LogP contribution is -2.35. The molecular formula is C9H14N2O6S. The lowest BCUT2D eigenvalue weighted by atomic mass is 10.3. The van der Waals surface area contributed by atoms with E-state index in [4.69, 9.17) is 19.8 Å². The highest BCUT2D eigenvalue weighted by Crippen LogP contribution is 2.14. The first-order valence-corrected chi connectivity index (χ1v) is 6.58. The molecule has 9 heteroatoms. The number of rotatable bonds is 6. The number of hydrogen-bond acceptors (Lipinski definition) is 6. The number of furan rings is 1. The quantitative estimate of drug-likeness (QED) is 0.571. The van der Waals surface area contributed by atoms with Crippen LogP contribution in [0, 0.1) is 0 Å². The van der Waals surface area contributed by atoms with Crippen LogP contribution in [-0.4, -0.2) is 55.7 Å². The van der Waals surface area contributed by atoms with E-state index >= 15 is 0 Å². The molecule has 0 radical (unpaired) electrons. The first kappa shape index (κ1) is 14.6. The number of sulfonamides is 1. The molecule has 8 nitrogen and oxygen atoms in total. The van der Waals surface area contributed by atoms with Crippen molar-refractivity contribution in [3.63, 3.8) is 0 Å². The number of nitrogens with zero attached hydrogens (tertiary/aromatic N) is 1. The topological polar surface area (TPSA) is 134 Å². The van der Waals surface area contributed by atoms with Gasteiger partial charge in [-0.2, -0.15) is 0 Å². The van der Waals surface area contributed by atoms with Crippen LogP contribution in [0.5, 0.6) is 0 Å². The minimum Gasteiger partial charge on any atom is -0.438 e. The van der Waals surface area contributed by atoms with Crippen molar-refractivity contribution >= 4 is 15.9 Å². The van der Waals surface area contributed by atoms with Gasteiger partial charge < -0.3 is 19.5 Å². The van der Waals surface area contributed by atoms with E-state index < -0.39 is 21.0 Å². The highest BCUT2D eigenvalue weighted by atomic mass is 32.2.